The van der Waals surface area contributed by atoms with Crippen LogP contribution in [0.3, 0.4) is 0 Å². The number of aryl methyl sites for hydroxylation is 1. The van der Waals surface area contributed by atoms with Gasteiger partial charge in [0, 0.05) is 22.5 Å². The number of carbonyl (C=O) groups is 1. The number of rotatable bonds is 2. The largest absolute Gasteiger partial charge is 0.451 e. The van der Waals surface area contributed by atoms with E-state index in [1.165, 1.54) is 18.2 Å². The van der Waals surface area contributed by atoms with Crippen LogP contribution in [0.15, 0.2) is 59.1 Å². The molecule has 0 fully saturated rings. The molecule has 24 heavy (non-hydrogen) atoms. The third-order valence-electron chi connectivity index (χ3n) is 4.00. The first-order valence-corrected chi connectivity index (χ1v) is 7.47. The molecule has 118 valence electrons. The number of furan rings is 1. The monoisotopic (exact) mass is 320 g/mol. The first kappa shape index (κ1) is 14.4. The van der Waals surface area contributed by atoms with E-state index in [0.717, 1.165) is 10.9 Å². The Balaban J connectivity index is 1.75. The second kappa shape index (κ2) is 5.45. The average Bonchev–Trinajstić information content (AvgIpc) is 2.92. The number of benzene rings is 2. The zero-order valence-electron chi connectivity index (χ0n) is 12.8. The minimum absolute atomic E-state index is 0.177. The Morgan fingerprint density at radius 1 is 1.12 bits per heavy atom. The molecule has 0 radical (unpaired) electrons. The highest BCUT2D eigenvalue weighted by molar-refractivity contribution is 6.09. The van der Waals surface area contributed by atoms with E-state index < -0.39 is 0 Å². The van der Waals surface area contributed by atoms with E-state index in [4.69, 9.17) is 4.42 Å². The SMILES string of the molecule is Cc1c(C(=O)Nc2cccc3ncccc23)oc2ccc(F)cc12. The van der Waals surface area contributed by atoms with Crippen molar-refractivity contribution in [3.05, 3.63) is 71.9 Å². The molecule has 2 aromatic heterocycles. The van der Waals surface area contributed by atoms with Gasteiger partial charge in [0.25, 0.3) is 5.91 Å². The van der Waals surface area contributed by atoms with Crippen LogP contribution >= 0.6 is 0 Å². The van der Waals surface area contributed by atoms with Crippen LogP contribution in [0.1, 0.15) is 16.1 Å². The summed E-state index contributed by atoms with van der Waals surface area (Å²) in [6.45, 7) is 1.74. The number of aromatic nitrogens is 1. The van der Waals surface area contributed by atoms with Gasteiger partial charge in [-0.1, -0.05) is 6.07 Å². The van der Waals surface area contributed by atoms with Gasteiger partial charge in [-0.3, -0.25) is 9.78 Å². The number of nitrogens with zero attached hydrogens (tertiary/aromatic N) is 1. The minimum Gasteiger partial charge on any atom is -0.451 e. The number of anilines is 1. The van der Waals surface area contributed by atoms with E-state index in [-0.39, 0.29) is 17.5 Å². The maximum atomic E-state index is 13.4. The molecular weight excluding hydrogens is 307 g/mol. The lowest BCUT2D eigenvalue weighted by Gasteiger charge is -2.07. The van der Waals surface area contributed by atoms with Gasteiger partial charge in [0.05, 0.1) is 11.2 Å². The molecule has 2 heterocycles. The van der Waals surface area contributed by atoms with Crippen molar-refractivity contribution in [2.75, 3.05) is 5.32 Å². The van der Waals surface area contributed by atoms with Crippen LogP contribution in [0, 0.1) is 12.7 Å². The Hall–Kier alpha value is -3.21. The molecule has 4 aromatic rings. The molecule has 0 spiro atoms. The smallest absolute Gasteiger partial charge is 0.291 e. The Morgan fingerprint density at radius 2 is 2.00 bits per heavy atom. The standard InChI is InChI=1S/C19H13FN2O2/c1-11-14-10-12(20)7-8-17(14)24-18(11)19(23)22-16-6-2-5-15-13(16)4-3-9-21-15/h2-10H,1H3,(H,22,23). The summed E-state index contributed by atoms with van der Waals surface area (Å²) in [5.74, 6) is -0.560. The number of fused-ring (bicyclic) bond motifs is 2. The lowest BCUT2D eigenvalue weighted by molar-refractivity contribution is 0.0998. The van der Waals surface area contributed by atoms with E-state index in [0.29, 0.717) is 22.2 Å². The van der Waals surface area contributed by atoms with E-state index >= 15 is 0 Å². The third kappa shape index (κ3) is 2.31. The van der Waals surface area contributed by atoms with Gasteiger partial charge in [0.2, 0.25) is 0 Å². The van der Waals surface area contributed by atoms with Crippen LogP contribution in [0.4, 0.5) is 10.1 Å². The number of carbonyl (C=O) groups excluding carboxylic acids is 1. The third-order valence-corrected chi connectivity index (χ3v) is 4.00. The number of hydrogen-bond donors (Lipinski definition) is 1. The summed E-state index contributed by atoms with van der Waals surface area (Å²) >= 11 is 0. The highest BCUT2D eigenvalue weighted by Crippen LogP contribution is 2.28. The summed E-state index contributed by atoms with van der Waals surface area (Å²) < 4.78 is 19.0. The number of nitrogens with one attached hydrogen (secondary N) is 1. The molecule has 1 amide bonds. The van der Waals surface area contributed by atoms with Crippen LogP contribution < -0.4 is 5.32 Å². The Morgan fingerprint density at radius 3 is 2.88 bits per heavy atom. The first-order chi connectivity index (χ1) is 11.6. The van der Waals surface area contributed by atoms with Crippen molar-refractivity contribution in [3.63, 3.8) is 0 Å². The molecule has 0 saturated heterocycles. The van der Waals surface area contributed by atoms with Crippen LogP contribution in [-0.2, 0) is 0 Å². The maximum absolute atomic E-state index is 13.4. The fourth-order valence-corrected chi connectivity index (χ4v) is 2.80. The summed E-state index contributed by atoms with van der Waals surface area (Å²) in [6.07, 6.45) is 1.70. The highest BCUT2D eigenvalue weighted by Gasteiger charge is 2.18. The Bertz CT molecular complexity index is 1080. The number of pyridine rings is 1. The van der Waals surface area contributed by atoms with Crippen molar-refractivity contribution >= 4 is 33.5 Å². The van der Waals surface area contributed by atoms with E-state index in [9.17, 15) is 9.18 Å². The maximum Gasteiger partial charge on any atom is 0.291 e. The van der Waals surface area contributed by atoms with Gasteiger partial charge >= 0.3 is 0 Å². The lowest BCUT2D eigenvalue weighted by atomic mass is 10.1. The fraction of sp³-hybridized carbons (Fsp3) is 0.0526. The molecule has 4 nitrogen and oxygen atoms in total. The van der Waals surface area contributed by atoms with Crippen LogP contribution in [0.25, 0.3) is 21.9 Å². The number of halogens is 1. The van der Waals surface area contributed by atoms with Crippen molar-refractivity contribution in [1.82, 2.24) is 4.98 Å². The predicted octanol–water partition coefficient (Wildman–Crippen LogP) is 4.68. The van der Waals surface area contributed by atoms with E-state index in [1.54, 1.807) is 19.2 Å². The number of amides is 1. The van der Waals surface area contributed by atoms with Crippen LogP contribution in [-0.4, -0.2) is 10.9 Å². The van der Waals surface area contributed by atoms with Crippen LogP contribution in [0.5, 0.6) is 0 Å². The predicted molar refractivity (Wildman–Crippen MR) is 90.6 cm³/mol. The van der Waals surface area contributed by atoms with Crippen LogP contribution in [0.2, 0.25) is 0 Å². The molecule has 0 saturated carbocycles. The summed E-state index contributed by atoms with van der Waals surface area (Å²) in [5.41, 5.74) is 2.54. The zero-order chi connectivity index (χ0) is 16.7. The summed E-state index contributed by atoms with van der Waals surface area (Å²) in [4.78, 5) is 16.9. The summed E-state index contributed by atoms with van der Waals surface area (Å²) in [6, 6.07) is 13.4. The van der Waals surface area contributed by atoms with Gasteiger partial charge in [-0.15, -0.1) is 0 Å². The Kier molecular flexibility index (Phi) is 3.27. The van der Waals surface area contributed by atoms with Crippen molar-refractivity contribution in [2.24, 2.45) is 0 Å². The molecule has 1 N–H and O–H groups in total. The Labute approximate surface area is 136 Å². The quantitative estimate of drug-likeness (QED) is 0.583. The molecule has 0 atom stereocenters. The van der Waals surface area contributed by atoms with Gasteiger partial charge < -0.3 is 9.73 Å². The zero-order valence-corrected chi connectivity index (χ0v) is 12.8. The average molecular weight is 320 g/mol. The van der Waals surface area contributed by atoms with E-state index in [2.05, 4.69) is 10.3 Å². The highest BCUT2D eigenvalue weighted by atomic mass is 19.1. The lowest BCUT2D eigenvalue weighted by Crippen LogP contribution is -2.12. The number of hydrogen-bond acceptors (Lipinski definition) is 3. The molecule has 0 bridgehead atoms. The van der Waals surface area contributed by atoms with Gasteiger partial charge in [-0.2, -0.15) is 0 Å². The second-order valence-electron chi connectivity index (χ2n) is 5.53. The molecule has 2 aromatic carbocycles. The molecule has 0 aliphatic carbocycles. The molecule has 0 aliphatic heterocycles. The molecule has 0 aliphatic rings. The van der Waals surface area contributed by atoms with Gasteiger partial charge in [0.1, 0.15) is 11.4 Å². The van der Waals surface area contributed by atoms with Crippen molar-refractivity contribution in [2.45, 2.75) is 6.92 Å². The van der Waals surface area contributed by atoms with Crippen molar-refractivity contribution in [1.29, 1.82) is 0 Å². The molecule has 5 heteroatoms. The first-order valence-electron chi connectivity index (χ1n) is 7.47. The molecule has 4 rings (SSSR count). The molecule has 0 unspecified atom stereocenters. The summed E-state index contributed by atoms with van der Waals surface area (Å²) in [5, 5.41) is 4.29. The minimum atomic E-state index is -0.375. The van der Waals surface area contributed by atoms with Gasteiger partial charge in [0.15, 0.2) is 5.76 Å². The van der Waals surface area contributed by atoms with Crippen molar-refractivity contribution in [3.8, 4) is 0 Å². The fourth-order valence-electron chi connectivity index (χ4n) is 2.80. The van der Waals surface area contributed by atoms with Gasteiger partial charge in [-0.25, -0.2) is 4.39 Å². The molecular formula is C19H13FN2O2. The van der Waals surface area contributed by atoms with E-state index in [1.807, 2.05) is 24.3 Å². The normalized spacial score (nSPS) is 11.1. The summed E-state index contributed by atoms with van der Waals surface area (Å²) in [7, 11) is 0. The topological polar surface area (TPSA) is 55.1 Å². The van der Waals surface area contributed by atoms with Crippen molar-refractivity contribution < 1.29 is 13.6 Å². The van der Waals surface area contributed by atoms with Gasteiger partial charge in [-0.05, 0) is 49.4 Å². The second-order valence-corrected chi connectivity index (χ2v) is 5.53.